The van der Waals surface area contributed by atoms with Crippen molar-refractivity contribution in [2.24, 2.45) is 0 Å². The standard InChI is InChI=1S/C12H13ClO4S/c1-16-9-5-7-3-4-18-12(13,11(14)15)8(7)6-10(9)17-2/h5-6H,3-4H2,1-2H3,(H,14,15). The first-order chi connectivity index (χ1) is 8.52. The number of benzene rings is 1. The van der Waals surface area contributed by atoms with Gasteiger partial charge in [-0.15, -0.1) is 11.8 Å². The van der Waals surface area contributed by atoms with Crippen LogP contribution in [0.15, 0.2) is 12.1 Å². The molecule has 0 saturated carbocycles. The largest absolute Gasteiger partial charge is 0.493 e. The lowest BCUT2D eigenvalue weighted by Crippen LogP contribution is -2.31. The number of carboxylic acids is 1. The van der Waals surface area contributed by atoms with Gasteiger partial charge in [0.05, 0.1) is 14.2 Å². The van der Waals surface area contributed by atoms with Crippen LogP contribution in [0.4, 0.5) is 0 Å². The molecule has 1 unspecified atom stereocenters. The van der Waals surface area contributed by atoms with Crippen molar-refractivity contribution in [1.82, 2.24) is 0 Å². The van der Waals surface area contributed by atoms with E-state index in [1.54, 1.807) is 19.2 Å². The van der Waals surface area contributed by atoms with E-state index in [2.05, 4.69) is 0 Å². The molecule has 1 heterocycles. The van der Waals surface area contributed by atoms with Crippen molar-refractivity contribution >= 4 is 29.3 Å². The smallest absolute Gasteiger partial charge is 0.339 e. The van der Waals surface area contributed by atoms with Gasteiger partial charge < -0.3 is 14.6 Å². The zero-order chi connectivity index (χ0) is 13.3. The lowest BCUT2D eigenvalue weighted by Gasteiger charge is -2.30. The summed E-state index contributed by atoms with van der Waals surface area (Å²) in [6.45, 7) is 0. The molecule has 0 bridgehead atoms. The van der Waals surface area contributed by atoms with Crippen LogP contribution in [0.25, 0.3) is 0 Å². The highest BCUT2D eigenvalue weighted by Crippen LogP contribution is 2.49. The van der Waals surface area contributed by atoms with Gasteiger partial charge in [-0.3, -0.25) is 0 Å². The number of carbonyl (C=O) groups is 1. The van der Waals surface area contributed by atoms with Crippen LogP contribution < -0.4 is 9.47 Å². The van der Waals surface area contributed by atoms with Crippen molar-refractivity contribution < 1.29 is 19.4 Å². The van der Waals surface area contributed by atoms with Gasteiger partial charge in [-0.1, -0.05) is 11.6 Å². The van der Waals surface area contributed by atoms with Crippen molar-refractivity contribution in [3.05, 3.63) is 23.3 Å². The molecule has 1 aliphatic rings. The molecule has 2 rings (SSSR count). The van der Waals surface area contributed by atoms with Crippen LogP contribution in [0.5, 0.6) is 11.5 Å². The summed E-state index contributed by atoms with van der Waals surface area (Å²) in [6.07, 6.45) is 0.766. The van der Waals surface area contributed by atoms with Crippen molar-refractivity contribution in [3.8, 4) is 11.5 Å². The number of thioether (sulfide) groups is 1. The normalized spacial score (nSPS) is 22.2. The van der Waals surface area contributed by atoms with E-state index in [1.807, 2.05) is 0 Å². The molecule has 1 aromatic carbocycles. The van der Waals surface area contributed by atoms with Gasteiger partial charge in [0, 0.05) is 5.56 Å². The number of hydrogen-bond donors (Lipinski definition) is 1. The van der Waals surface area contributed by atoms with Crippen LogP contribution in [0, 0.1) is 0 Å². The minimum absolute atomic E-state index is 0.491. The SMILES string of the molecule is COc1cc2c(cc1OC)C(Cl)(C(=O)O)SCC2. The zero-order valence-corrected chi connectivity index (χ0v) is 11.6. The Balaban J connectivity index is 2.61. The van der Waals surface area contributed by atoms with Crippen molar-refractivity contribution in [1.29, 1.82) is 0 Å². The number of fused-ring (bicyclic) bond motifs is 1. The van der Waals surface area contributed by atoms with E-state index in [9.17, 15) is 9.90 Å². The number of halogens is 1. The van der Waals surface area contributed by atoms with Crippen molar-refractivity contribution in [3.63, 3.8) is 0 Å². The number of carboxylic acid groups (broad SMARTS) is 1. The Bertz CT molecular complexity index is 491. The molecule has 1 aliphatic heterocycles. The summed E-state index contributed by atoms with van der Waals surface area (Å²) in [7, 11) is 3.06. The summed E-state index contributed by atoms with van der Waals surface area (Å²) >= 11 is 7.45. The fraction of sp³-hybridized carbons (Fsp3) is 0.417. The molecule has 1 N–H and O–H groups in total. The minimum atomic E-state index is -1.44. The molecular weight excluding hydrogens is 276 g/mol. The molecule has 0 fully saturated rings. The first-order valence-electron chi connectivity index (χ1n) is 5.34. The summed E-state index contributed by atoms with van der Waals surface area (Å²) < 4.78 is 8.96. The molecule has 1 atom stereocenters. The molecular formula is C12H13ClO4S. The molecule has 0 aromatic heterocycles. The molecule has 0 radical (unpaired) electrons. The Morgan fingerprint density at radius 1 is 1.39 bits per heavy atom. The van der Waals surface area contributed by atoms with Gasteiger partial charge >= 0.3 is 5.97 Å². The van der Waals surface area contributed by atoms with E-state index in [-0.39, 0.29) is 0 Å². The van der Waals surface area contributed by atoms with Crippen LogP contribution in [0.3, 0.4) is 0 Å². The van der Waals surface area contributed by atoms with Gasteiger partial charge in [0.25, 0.3) is 0 Å². The third-order valence-electron chi connectivity index (χ3n) is 2.90. The van der Waals surface area contributed by atoms with Gasteiger partial charge in [-0.05, 0) is 29.9 Å². The lowest BCUT2D eigenvalue weighted by atomic mass is 10.00. The van der Waals surface area contributed by atoms with Gasteiger partial charge in [-0.25, -0.2) is 4.79 Å². The van der Waals surface area contributed by atoms with Crippen LogP contribution in [-0.2, 0) is 15.4 Å². The van der Waals surface area contributed by atoms with E-state index < -0.39 is 10.2 Å². The monoisotopic (exact) mass is 288 g/mol. The maximum atomic E-state index is 11.4. The predicted molar refractivity (Wildman–Crippen MR) is 70.9 cm³/mol. The summed E-state index contributed by atoms with van der Waals surface area (Å²) in [4.78, 5) is 11.4. The molecule has 98 valence electrons. The molecule has 0 amide bonds. The van der Waals surface area contributed by atoms with E-state index in [0.717, 1.165) is 12.0 Å². The number of methoxy groups -OCH3 is 2. The highest BCUT2D eigenvalue weighted by molar-refractivity contribution is 8.02. The lowest BCUT2D eigenvalue weighted by molar-refractivity contribution is -0.137. The van der Waals surface area contributed by atoms with E-state index in [1.165, 1.54) is 18.9 Å². The summed E-state index contributed by atoms with van der Waals surface area (Å²) in [6, 6.07) is 3.45. The van der Waals surface area contributed by atoms with Crippen molar-refractivity contribution in [2.75, 3.05) is 20.0 Å². The summed E-state index contributed by atoms with van der Waals surface area (Å²) in [5.74, 6) is 0.693. The van der Waals surface area contributed by atoms with Gasteiger partial charge in [0.2, 0.25) is 4.21 Å². The number of ether oxygens (including phenoxy) is 2. The third kappa shape index (κ3) is 2.01. The summed E-state index contributed by atoms with van der Waals surface area (Å²) in [5.41, 5.74) is 1.47. The van der Waals surface area contributed by atoms with Crippen LogP contribution in [-0.4, -0.2) is 31.0 Å². The van der Waals surface area contributed by atoms with E-state index in [0.29, 0.717) is 22.8 Å². The second-order valence-electron chi connectivity index (χ2n) is 3.86. The Labute approximate surface area is 114 Å². The Kier molecular flexibility index (Phi) is 3.64. The van der Waals surface area contributed by atoms with Gasteiger partial charge in [-0.2, -0.15) is 0 Å². The first kappa shape index (κ1) is 13.4. The molecule has 6 heteroatoms. The van der Waals surface area contributed by atoms with E-state index >= 15 is 0 Å². The molecule has 0 aliphatic carbocycles. The quantitative estimate of drug-likeness (QED) is 0.866. The Hall–Kier alpha value is -1.07. The maximum Gasteiger partial charge on any atom is 0.339 e. The number of aryl methyl sites for hydroxylation is 1. The third-order valence-corrected chi connectivity index (χ3v) is 4.80. The first-order valence-corrected chi connectivity index (χ1v) is 6.71. The Morgan fingerprint density at radius 3 is 2.56 bits per heavy atom. The Morgan fingerprint density at radius 2 is 2.00 bits per heavy atom. The van der Waals surface area contributed by atoms with Crippen molar-refractivity contribution in [2.45, 2.75) is 10.6 Å². The van der Waals surface area contributed by atoms with Gasteiger partial charge in [0.1, 0.15) is 0 Å². The molecule has 18 heavy (non-hydrogen) atoms. The molecule has 0 spiro atoms. The maximum absolute atomic E-state index is 11.4. The fourth-order valence-electron chi connectivity index (χ4n) is 1.98. The summed E-state index contributed by atoms with van der Waals surface area (Å²) in [5, 5.41) is 9.31. The van der Waals surface area contributed by atoms with E-state index in [4.69, 9.17) is 21.1 Å². The average Bonchev–Trinajstić information content (AvgIpc) is 2.37. The molecule has 4 nitrogen and oxygen atoms in total. The average molecular weight is 289 g/mol. The predicted octanol–water partition coefficient (Wildman–Crippen LogP) is 2.47. The molecule has 0 saturated heterocycles. The second-order valence-corrected chi connectivity index (χ2v) is 5.96. The topological polar surface area (TPSA) is 55.8 Å². The second kappa shape index (κ2) is 4.90. The van der Waals surface area contributed by atoms with Crippen LogP contribution in [0.2, 0.25) is 0 Å². The number of aliphatic carboxylic acids is 1. The number of rotatable bonds is 3. The zero-order valence-electron chi connectivity index (χ0n) is 10.0. The highest BCUT2D eigenvalue weighted by Gasteiger charge is 2.43. The number of alkyl halides is 1. The highest BCUT2D eigenvalue weighted by atomic mass is 35.5. The van der Waals surface area contributed by atoms with Crippen LogP contribution >= 0.6 is 23.4 Å². The fourth-order valence-corrected chi connectivity index (χ4v) is 3.46. The van der Waals surface area contributed by atoms with Gasteiger partial charge in [0.15, 0.2) is 11.5 Å². The minimum Gasteiger partial charge on any atom is -0.493 e. The number of hydrogen-bond acceptors (Lipinski definition) is 4. The molecule has 1 aromatic rings. The van der Waals surface area contributed by atoms with Crippen LogP contribution in [0.1, 0.15) is 11.1 Å².